The Kier molecular flexibility index (Phi) is 6.25. The molecule has 1 saturated heterocycles. The Bertz CT molecular complexity index is 885. The van der Waals surface area contributed by atoms with E-state index in [0.29, 0.717) is 23.3 Å². The molecule has 2 N–H and O–H groups in total. The molecule has 4 rings (SSSR count). The van der Waals surface area contributed by atoms with Gasteiger partial charge < -0.3 is 15.1 Å². The molecule has 0 spiro atoms. The van der Waals surface area contributed by atoms with Gasteiger partial charge in [0, 0.05) is 0 Å². The smallest absolute Gasteiger partial charge is 0.274 e. The van der Waals surface area contributed by atoms with E-state index in [1.165, 1.54) is 0 Å². The first-order chi connectivity index (χ1) is 12.7. The number of halogens is 1. The standard InChI is InChI=1S/C17H20N6O2S.ClH/c1-11-15(21-22-23(11)13-4-6-18-7-5-13)16(24)19-9-12-10-25-17(20-12)14-3-2-8-26-14;/h2-3,8,10,13,18H,4-7,9H2,1H3,(H,19,24);1H. The zero-order valence-corrected chi connectivity index (χ0v) is 16.5. The molecule has 8 nitrogen and oxygen atoms in total. The maximum atomic E-state index is 12.5. The second kappa shape index (κ2) is 8.64. The summed E-state index contributed by atoms with van der Waals surface area (Å²) < 4.78 is 7.34. The number of rotatable bonds is 5. The van der Waals surface area contributed by atoms with Crippen molar-refractivity contribution in [1.29, 1.82) is 0 Å². The molecule has 0 atom stereocenters. The molecule has 144 valence electrons. The first-order valence-corrected chi connectivity index (χ1v) is 9.49. The molecule has 1 fully saturated rings. The summed E-state index contributed by atoms with van der Waals surface area (Å²) in [6, 6.07) is 4.19. The van der Waals surface area contributed by atoms with Crippen LogP contribution >= 0.6 is 23.7 Å². The van der Waals surface area contributed by atoms with Crippen molar-refractivity contribution in [2.75, 3.05) is 13.1 Å². The molecule has 1 amide bonds. The molecule has 10 heteroatoms. The number of hydrogen-bond donors (Lipinski definition) is 2. The van der Waals surface area contributed by atoms with Crippen LogP contribution < -0.4 is 10.6 Å². The average molecular weight is 409 g/mol. The van der Waals surface area contributed by atoms with E-state index >= 15 is 0 Å². The van der Waals surface area contributed by atoms with Crippen LogP contribution in [0.25, 0.3) is 10.8 Å². The topological polar surface area (TPSA) is 97.9 Å². The number of aromatic nitrogens is 4. The molecule has 0 aromatic carbocycles. The van der Waals surface area contributed by atoms with Crippen LogP contribution in [0.15, 0.2) is 28.2 Å². The Labute approximate surface area is 166 Å². The number of carbonyl (C=O) groups excluding carboxylic acids is 1. The van der Waals surface area contributed by atoms with Crippen LogP contribution in [-0.4, -0.2) is 39.0 Å². The molecule has 0 radical (unpaired) electrons. The van der Waals surface area contributed by atoms with Crippen molar-refractivity contribution in [3.8, 4) is 10.8 Å². The van der Waals surface area contributed by atoms with Crippen LogP contribution in [0.3, 0.4) is 0 Å². The molecule has 0 saturated carbocycles. The van der Waals surface area contributed by atoms with Crippen molar-refractivity contribution < 1.29 is 9.21 Å². The molecule has 1 aliphatic heterocycles. The van der Waals surface area contributed by atoms with Gasteiger partial charge in [-0.05, 0) is 44.3 Å². The molecular formula is C17H21ClN6O2S. The van der Waals surface area contributed by atoms with Crippen molar-refractivity contribution >= 4 is 29.7 Å². The molecule has 0 bridgehead atoms. The number of carbonyl (C=O) groups is 1. The zero-order valence-electron chi connectivity index (χ0n) is 14.8. The summed E-state index contributed by atoms with van der Waals surface area (Å²) in [7, 11) is 0. The van der Waals surface area contributed by atoms with Gasteiger partial charge in [0.05, 0.1) is 28.9 Å². The van der Waals surface area contributed by atoms with Crippen LogP contribution in [-0.2, 0) is 6.54 Å². The Morgan fingerprint density at radius 1 is 1.44 bits per heavy atom. The van der Waals surface area contributed by atoms with Crippen molar-refractivity contribution in [3.63, 3.8) is 0 Å². The van der Waals surface area contributed by atoms with E-state index in [4.69, 9.17) is 4.42 Å². The molecule has 0 unspecified atom stereocenters. The van der Waals surface area contributed by atoms with Gasteiger partial charge in [0.2, 0.25) is 5.89 Å². The predicted molar refractivity (Wildman–Crippen MR) is 104 cm³/mol. The monoisotopic (exact) mass is 408 g/mol. The molecule has 27 heavy (non-hydrogen) atoms. The number of piperidine rings is 1. The maximum absolute atomic E-state index is 12.5. The highest BCUT2D eigenvalue weighted by Gasteiger charge is 2.23. The van der Waals surface area contributed by atoms with Gasteiger partial charge in [-0.15, -0.1) is 28.8 Å². The van der Waals surface area contributed by atoms with Crippen LogP contribution in [0.4, 0.5) is 0 Å². The highest BCUT2D eigenvalue weighted by atomic mass is 35.5. The summed E-state index contributed by atoms with van der Waals surface area (Å²) in [5.41, 5.74) is 1.84. The van der Waals surface area contributed by atoms with Gasteiger partial charge in [-0.2, -0.15) is 0 Å². The molecule has 4 heterocycles. The minimum absolute atomic E-state index is 0. The first kappa shape index (κ1) is 19.5. The Morgan fingerprint density at radius 3 is 3.00 bits per heavy atom. The first-order valence-electron chi connectivity index (χ1n) is 8.61. The number of hydrogen-bond acceptors (Lipinski definition) is 7. The predicted octanol–water partition coefficient (Wildman–Crippen LogP) is 2.58. The lowest BCUT2D eigenvalue weighted by Crippen LogP contribution is -2.30. The molecule has 0 aliphatic carbocycles. The summed E-state index contributed by atoms with van der Waals surface area (Å²) in [5.74, 6) is 0.320. The lowest BCUT2D eigenvalue weighted by molar-refractivity contribution is 0.0944. The number of nitrogens with one attached hydrogen (secondary N) is 2. The van der Waals surface area contributed by atoms with Gasteiger partial charge in [-0.1, -0.05) is 11.3 Å². The van der Waals surface area contributed by atoms with E-state index in [1.807, 2.05) is 29.1 Å². The quantitative estimate of drug-likeness (QED) is 0.673. The summed E-state index contributed by atoms with van der Waals surface area (Å²) in [5, 5.41) is 16.4. The van der Waals surface area contributed by atoms with Gasteiger partial charge >= 0.3 is 0 Å². The molecule has 1 aliphatic rings. The Balaban J connectivity index is 0.00000210. The number of nitrogens with zero attached hydrogens (tertiary/aromatic N) is 4. The van der Waals surface area contributed by atoms with Crippen molar-refractivity contribution in [3.05, 3.63) is 40.9 Å². The SMILES string of the molecule is Cc1c(C(=O)NCc2coc(-c3cccs3)n2)nnn1C1CCNCC1.Cl. The third-order valence-electron chi connectivity index (χ3n) is 4.51. The average Bonchev–Trinajstić information content (AvgIpc) is 3.41. The van der Waals surface area contributed by atoms with Crippen LogP contribution in [0.1, 0.15) is 40.8 Å². The van der Waals surface area contributed by atoms with Crippen molar-refractivity contribution in [1.82, 2.24) is 30.6 Å². The number of thiophene rings is 1. The second-order valence-corrected chi connectivity index (χ2v) is 7.20. The van der Waals surface area contributed by atoms with E-state index < -0.39 is 0 Å². The van der Waals surface area contributed by atoms with Gasteiger partial charge in [0.1, 0.15) is 6.26 Å². The lowest BCUT2D eigenvalue weighted by Gasteiger charge is -2.23. The summed E-state index contributed by atoms with van der Waals surface area (Å²) >= 11 is 1.56. The van der Waals surface area contributed by atoms with Crippen molar-refractivity contribution in [2.45, 2.75) is 32.4 Å². The molecule has 3 aromatic rings. The highest BCUT2D eigenvalue weighted by Crippen LogP contribution is 2.24. The number of amides is 1. The maximum Gasteiger partial charge on any atom is 0.274 e. The summed E-state index contributed by atoms with van der Waals surface area (Å²) in [6.45, 7) is 4.10. The highest BCUT2D eigenvalue weighted by molar-refractivity contribution is 7.13. The van der Waals surface area contributed by atoms with Gasteiger partial charge in [-0.3, -0.25) is 4.79 Å². The van der Waals surface area contributed by atoms with E-state index in [9.17, 15) is 4.79 Å². The Morgan fingerprint density at radius 2 is 2.26 bits per heavy atom. The zero-order chi connectivity index (χ0) is 17.9. The van der Waals surface area contributed by atoms with Crippen molar-refractivity contribution in [2.24, 2.45) is 0 Å². The van der Waals surface area contributed by atoms with Gasteiger partial charge in [-0.25, -0.2) is 9.67 Å². The van der Waals surface area contributed by atoms with Crippen LogP contribution in [0.2, 0.25) is 0 Å². The molecule has 3 aromatic heterocycles. The molecular weight excluding hydrogens is 388 g/mol. The van der Waals surface area contributed by atoms with E-state index in [0.717, 1.165) is 36.5 Å². The van der Waals surface area contributed by atoms with Gasteiger partial charge in [0.25, 0.3) is 5.91 Å². The summed E-state index contributed by atoms with van der Waals surface area (Å²) in [4.78, 5) is 17.8. The van der Waals surface area contributed by atoms with E-state index in [-0.39, 0.29) is 24.9 Å². The van der Waals surface area contributed by atoms with Crippen LogP contribution in [0.5, 0.6) is 0 Å². The third-order valence-corrected chi connectivity index (χ3v) is 5.37. The fourth-order valence-corrected chi connectivity index (χ4v) is 3.76. The van der Waals surface area contributed by atoms with Gasteiger partial charge in [0.15, 0.2) is 5.69 Å². The normalized spacial score (nSPS) is 14.7. The minimum Gasteiger partial charge on any atom is -0.443 e. The minimum atomic E-state index is -0.247. The number of oxazole rings is 1. The Hall–Kier alpha value is -2.23. The van der Waals surface area contributed by atoms with E-state index in [2.05, 4.69) is 25.9 Å². The second-order valence-electron chi connectivity index (χ2n) is 6.25. The summed E-state index contributed by atoms with van der Waals surface area (Å²) in [6.07, 6.45) is 3.56. The lowest BCUT2D eigenvalue weighted by atomic mass is 10.1. The van der Waals surface area contributed by atoms with Crippen LogP contribution in [0, 0.1) is 6.92 Å². The largest absolute Gasteiger partial charge is 0.443 e. The fraction of sp³-hybridized carbons (Fsp3) is 0.412. The third kappa shape index (κ3) is 4.20. The van der Waals surface area contributed by atoms with E-state index in [1.54, 1.807) is 17.6 Å². The fourth-order valence-electron chi connectivity index (χ4n) is 3.10.